The Bertz CT molecular complexity index is 1030. The zero-order valence-corrected chi connectivity index (χ0v) is 22.6. The second kappa shape index (κ2) is 11.4. The highest BCUT2D eigenvalue weighted by Crippen LogP contribution is 2.67. The fraction of sp³-hybridized carbons (Fsp3) is 0.552. The summed E-state index contributed by atoms with van der Waals surface area (Å²) in [5.41, 5.74) is 0.984. The Morgan fingerprint density at radius 3 is 2.65 bits per heavy atom. The van der Waals surface area contributed by atoms with Crippen LogP contribution in [0, 0.1) is 17.8 Å². The largest absolute Gasteiger partial charge is 0.461 e. The third-order valence-electron chi connectivity index (χ3n) is 8.31. The van der Waals surface area contributed by atoms with E-state index in [1.807, 2.05) is 44.2 Å². The fourth-order valence-electron chi connectivity index (χ4n) is 6.41. The zero-order valence-electron chi connectivity index (χ0n) is 21.8. The number of rotatable bonds is 12. The summed E-state index contributed by atoms with van der Waals surface area (Å²) in [6.45, 7) is 12.1. The molecule has 37 heavy (non-hydrogen) atoms. The van der Waals surface area contributed by atoms with Gasteiger partial charge in [0.1, 0.15) is 12.6 Å². The van der Waals surface area contributed by atoms with Gasteiger partial charge in [-0.1, -0.05) is 69.3 Å². The van der Waals surface area contributed by atoms with Gasteiger partial charge >= 0.3 is 5.97 Å². The van der Waals surface area contributed by atoms with Gasteiger partial charge in [0.05, 0.1) is 29.2 Å². The van der Waals surface area contributed by atoms with Crippen LogP contribution in [0.25, 0.3) is 0 Å². The summed E-state index contributed by atoms with van der Waals surface area (Å²) >= 11 is 1.61. The average Bonchev–Trinajstić information content (AvgIpc) is 3.55. The number of amides is 2. The van der Waals surface area contributed by atoms with Crippen LogP contribution in [0.1, 0.15) is 38.7 Å². The van der Waals surface area contributed by atoms with Crippen LogP contribution in [-0.2, 0) is 25.7 Å². The van der Waals surface area contributed by atoms with Gasteiger partial charge < -0.3 is 19.6 Å². The van der Waals surface area contributed by atoms with E-state index in [9.17, 15) is 19.5 Å². The van der Waals surface area contributed by atoms with Crippen molar-refractivity contribution in [3.8, 4) is 0 Å². The monoisotopic (exact) mass is 526 g/mol. The molecule has 2 amide bonds. The highest BCUT2D eigenvalue weighted by molar-refractivity contribution is 8.02. The Morgan fingerprint density at radius 1 is 1.30 bits per heavy atom. The molecule has 0 saturated carbocycles. The molecule has 8 heteroatoms. The van der Waals surface area contributed by atoms with E-state index in [4.69, 9.17) is 4.74 Å². The van der Waals surface area contributed by atoms with Crippen LogP contribution in [-0.4, -0.2) is 74.5 Å². The number of benzene rings is 1. The first-order valence-corrected chi connectivity index (χ1v) is 14.0. The molecule has 1 N–H and O–H groups in total. The number of likely N-dealkylation sites (tertiary alicyclic amines) is 1. The summed E-state index contributed by atoms with van der Waals surface area (Å²) in [5.74, 6) is -2.05. The maximum atomic E-state index is 14.5. The SMILES string of the molecule is C=CCOC(=O)[C@@H]1[C@@H]2CCC3(S2)C(C(=O)N(CC=C)Cc2ccccc2)N([C@@H](CO)[C@@H](C)CC)C(=O)[C@H]13. The third-order valence-corrected chi connectivity index (χ3v) is 10.3. The maximum Gasteiger partial charge on any atom is 0.311 e. The highest BCUT2D eigenvalue weighted by Gasteiger charge is 2.75. The second-order valence-corrected chi connectivity index (χ2v) is 11.9. The molecule has 0 aliphatic carbocycles. The van der Waals surface area contributed by atoms with Crippen molar-refractivity contribution in [3.63, 3.8) is 0 Å². The quantitative estimate of drug-likeness (QED) is 0.332. The molecule has 1 aromatic rings. The molecule has 2 bridgehead atoms. The van der Waals surface area contributed by atoms with Gasteiger partial charge in [0.15, 0.2) is 0 Å². The number of hydrogen-bond donors (Lipinski definition) is 1. The van der Waals surface area contributed by atoms with E-state index in [2.05, 4.69) is 13.2 Å². The van der Waals surface area contributed by atoms with E-state index in [1.165, 1.54) is 6.08 Å². The molecule has 3 fully saturated rings. The number of nitrogens with zero attached hydrogens (tertiary/aromatic N) is 2. The van der Waals surface area contributed by atoms with Gasteiger partial charge in [0.2, 0.25) is 11.8 Å². The summed E-state index contributed by atoms with van der Waals surface area (Å²) in [5, 5.41) is 10.4. The van der Waals surface area contributed by atoms with Crippen LogP contribution in [0.4, 0.5) is 0 Å². The minimum absolute atomic E-state index is 0.0187. The number of hydrogen-bond acceptors (Lipinski definition) is 6. The molecule has 3 heterocycles. The van der Waals surface area contributed by atoms with Gasteiger partial charge in [-0.15, -0.1) is 18.3 Å². The zero-order chi connectivity index (χ0) is 26.7. The topological polar surface area (TPSA) is 87.2 Å². The van der Waals surface area contributed by atoms with Crippen LogP contribution >= 0.6 is 11.8 Å². The van der Waals surface area contributed by atoms with Gasteiger partial charge in [0, 0.05) is 18.3 Å². The Kier molecular flexibility index (Phi) is 8.49. The molecule has 3 saturated heterocycles. The summed E-state index contributed by atoms with van der Waals surface area (Å²) in [6, 6.07) is 8.46. The smallest absolute Gasteiger partial charge is 0.311 e. The molecule has 2 unspecified atom stereocenters. The lowest BCUT2D eigenvalue weighted by molar-refractivity contribution is -0.154. The summed E-state index contributed by atoms with van der Waals surface area (Å²) < 4.78 is 4.70. The standard InChI is InChI=1S/C29H38N2O5S/c1-5-15-30(17-20-11-9-8-10-12-20)27(34)25-29-14-13-22(37-29)23(28(35)36-16-6-2)24(29)26(33)31(25)21(18-32)19(4)7-3/h5-6,8-12,19,21-25,32H,1-2,7,13-18H2,3-4H3/t19-,21-,22-,23+,24-,25?,29?/m0/s1. The van der Waals surface area contributed by atoms with Crippen LogP contribution < -0.4 is 0 Å². The average molecular weight is 527 g/mol. The Morgan fingerprint density at radius 2 is 2.03 bits per heavy atom. The van der Waals surface area contributed by atoms with Crippen molar-refractivity contribution in [1.82, 2.24) is 9.80 Å². The Hall–Kier alpha value is -2.58. The van der Waals surface area contributed by atoms with Crippen molar-refractivity contribution in [2.75, 3.05) is 19.8 Å². The first-order chi connectivity index (χ1) is 17.8. The molecule has 0 aromatic heterocycles. The lowest BCUT2D eigenvalue weighted by atomic mass is 9.71. The van der Waals surface area contributed by atoms with Crippen LogP contribution in [0.15, 0.2) is 55.6 Å². The second-order valence-electron chi connectivity index (χ2n) is 10.3. The molecule has 4 rings (SSSR count). The molecule has 200 valence electrons. The number of aliphatic hydroxyl groups is 1. The van der Waals surface area contributed by atoms with Crippen LogP contribution in [0.3, 0.4) is 0 Å². The number of carbonyl (C=O) groups is 3. The Balaban J connectivity index is 1.77. The first-order valence-electron chi connectivity index (χ1n) is 13.2. The maximum absolute atomic E-state index is 14.5. The highest BCUT2D eigenvalue weighted by atomic mass is 32.2. The summed E-state index contributed by atoms with van der Waals surface area (Å²) in [4.78, 5) is 45.2. The van der Waals surface area contributed by atoms with E-state index in [-0.39, 0.29) is 36.2 Å². The number of fused-ring (bicyclic) bond motifs is 1. The van der Waals surface area contributed by atoms with E-state index in [0.29, 0.717) is 19.5 Å². The van der Waals surface area contributed by atoms with Gasteiger partial charge in [-0.25, -0.2) is 0 Å². The first kappa shape index (κ1) is 27.5. The summed E-state index contributed by atoms with van der Waals surface area (Å²) in [7, 11) is 0. The van der Waals surface area contributed by atoms with Crippen molar-refractivity contribution in [2.45, 2.75) is 61.7 Å². The lowest BCUT2D eigenvalue weighted by Gasteiger charge is -2.41. The number of ether oxygens (including phenoxy) is 1. The van der Waals surface area contributed by atoms with Crippen LogP contribution in [0.5, 0.6) is 0 Å². The third kappa shape index (κ3) is 4.74. The minimum atomic E-state index is -0.771. The van der Waals surface area contributed by atoms with Crippen molar-refractivity contribution in [3.05, 3.63) is 61.2 Å². The lowest BCUT2D eigenvalue weighted by Crippen LogP contribution is -2.58. The van der Waals surface area contributed by atoms with Gasteiger partial charge in [0.25, 0.3) is 0 Å². The normalized spacial score (nSPS) is 29.5. The van der Waals surface area contributed by atoms with Gasteiger partial charge in [-0.2, -0.15) is 0 Å². The van der Waals surface area contributed by atoms with Crippen molar-refractivity contribution >= 4 is 29.5 Å². The molecule has 7 nitrogen and oxygen atoms in total. The van der Waals surface area contributed by atoms with Gasteiger partial charge in [-0.05, 0) is 24.3 Å². The number of carbonyl (C=O) groups excluding carboxylic acids is 3. The molecule has 3 aliphatic heterocycles. The number of esters is 1. The van der Waals surface area contributed by atoms with Crippen LogP contribution in [0.2, 0.25) is 0 Å². The van der Waals surface area contributed by atoms with Crippen molar-refractivity contribution < 1.29 is 24.2 Å². The van der Waals surface area contributed by atoms with Crippen molar-refractivity contribution in [2.24, 2.45) is 17.8 Å². The van der Waals surface area contributed by atoms with Gasteiger partial charge in [-0.3, -0.25) is 14.4 Å². The van der Waals surface area contributed by atoms with E-state index >= 15 is 0 Å². The molecular weight excluding hydrogens is 488 g/mol. The van der Waals surface area contributed by atoms with Crippen molar-refractivity contribution in [1.29, 1.82) is 0 Å². The molecule has 3 aliphatic rings. The fourth-order valence-corrected chi connectivity index (χ4v) is 8.60. The van der Waals surface area contributed by atoms with E-state index in [0.717, 1.165) is 18.4 Å². The summed E-state index contributed by atoms with van der Waals surface area (Å²) in [6.07, 6.45) is 5.37. The molecule has 1 aromatic carbocycles. The number of aliphatic hydroxyl groups excluding tert-OH is 1. The Labute approximate surface area is 223 Å². The van der Waals surface area contributed by atoms with E-state index in [1.54, 1.807) is 27.6 Å². The predicted octanol–water partition coefficient (Wildman–Crippen LogP) is 3.43. The molecular formula is C29H38N2O5S. The predicted molar refractivity (Wildman–Crippen MR) is 144 cm³/mol. The number of thioether (sulfide) groups is 1. The minimum Gasteiger partial charge on any atom is -0.461 e. The molecule has 0 radical (unpaired) electrons. The van der Waals surface area contributed by atoms with E-state index < -0.39 is 34.6 Å². The molecule has 1 spiro atoms. The molecule has 7 atom stereocenters.